The maximum Gasteiger partial charge on any atom is 0.409 e. The lowest BCUT2D eigenvalue weighted by atomic mass is 9.90. The molecule has 14 heteroatoms. The predicted molar refractivity (Wildman–Crippen MR) is 193 cm³/mol. The Morgan fingerprint density at radius 1 is 1.30 bits per heavy atom. The monoisotopic (exact) mass is 735 g/mol. The molecule has 12 nitrogen and oxygen atoms in total. The summed E-state index contributed by atoms with van der Waals surface area (Å²) in [7, 11) is 4.61. The van der Waals surface area contributed by atoms with Crippen LogP contribution in [-0.4, -0.2) is 95.5 Å². The Balaban J connectivity index is 1.67. The lowest BCUT2D eigenvalue weighted by Gasteiger charge is -2.36. The predicted octanol–water partition coefficient (Wildman–Crippen LogP) is 5.13. The first-order valence-corrected chi connectivity index (χ1v) is 17.6. The van der Waals surface area contributed by atoms with Gasteiger partial charge in [-0.1, -0.05) is 49.2 Å². The molecule has 4 bridgehead atoms. The van der Waals surface area contributed by atoms with Crippen LogP contribution in [0, 0.1) is 0 Å². The maximum atomic E-state index is 14.0. The van der Waals surface area contributed by atoms with E-state index in [0.717, 1.165) is 11.1 Å². The van der Waals surface area contributed by atoms with Crippen LogP contribution < -0.4 is 15.0 Å². The average Bonchev–Trinajstić information content (AvgIpc) is 3.69. The number of esters is 1. The number of hydrogen-bond donors (Lipinski definition) is 3. The van der Waals surface area contributed by atoms with E-state index >= 15 is 0 Å². The van der Waals surface area contributed by atoms with E-state index in [2.05, 4.69) is 17.9 Å². The van der Waals surface area contributed by atoms with Crippen molar-refractivity contribution in [2.24, 2.45) is 0 Å². The summed E-state index contributed by atoms with van der Waals surface area (Å²) >= 11 is 11.2. The maximum absolute atomic E-state index is 14.0. The number of allylic oxidation sites excluding steroid dienone is 3. The van der Waals surface area contributed by atoms with Crippen LogP contribution in [0.25, 0.3) is 0 Å². The average molecular weight is 736 g/mol. The van der Waals surface area contributed by atoms with Crippen LogP contribution in [0.4, 0.5) is 10.5 Å². The van der Waals surface area contributed by atoms with Crippen molar-refractivity contribution in [1.82, 2.24) is 10.2 Å². The quantitative estimate of drug-likeness (QED) is 0.197. The molecule has 50 heavy (non-hydrogen) atoms. The van der Waals surface area contributed by atoms with Crippen molar-refractivity contribution in [3.05, 3.63) is 46.5 Å². The molecule has 6 atom stereocenters. The molecule has 3 heterocycles. The van der Waals surface area contributed by atoms with Gasteiger partial charge in [-0.3, -0.25) is 14.9 Å². The number of ether oxygens (including phenoxy) is 4. The Hall–Kier alpha value is -3.26. The van der Waals surface area contributed by atoms with Gasteiger partial charge in [0.1, 0.15) is 40.3 Å². The number of carbonyl (C=O) groups is 4. The van der Waals surface area contributed by atoms with E-state index in [1.165, 1.54) is 24.0 Å². The van der Waals surface area contributed by atoms with Crippen molar-refractivity contribution in [2.45, 2.75) is 120 Å². The molecule has 4 rings (SSSR count). The number of amides is 3. The van der Waals surface area contributed by atoms with E-state index in [1.54, 1.807) is 33.0 Å². The number of nitrogens with one attached hydrogen (secondary N) is 1. The third-order valence-electron chi connectivity index (χ3n) is 9.64. The Morgan fingerprint density at radius 2 is 2.00 bits per heavy atom. The number of rotatable bonds is 7. The summed E-state index contributed by atoms with van der Waals surface area (Å²) in [6, 6.07) is 2.65. The van der Waals surface area contributed by atoms with Gasteiger partial charge in [0.15, 0.2) is 0 Å². The van der Waals surface area contributed by atoms with Crippen LogP contribution in [0.15, 0.2) is 35.9 Å². The number of methoxy groups -OCH3 is 1. The van der Waals surface area contributed by atoms with E-state index < -0.39 is 53.6 Å². The van der Waals surface area contributed by atoms with Crippen molar-refractivity contribution in [3.63, 3.8) is 0 Å². The highest BCUT2D eigenvalue weighted by Gasteiger charge is 2.61. The lowest BCUT2D eigenvalue weighted by Crippen LogP contribution is -2.56. The summed E-state index contributed by atoms with van der Waals surface area (Å²) in [6.45, 7) is 9.05. The number of thiol groups is 1. The molecule has 1 aromatic carbocycles. The molecular formula is C36H50ClN3O9S. The molecule has 3 aliphatic heterocycles. The fraction of sp³-hybridized carbons (Fsp3) is 0.611. The summed E-state index contributed by atoms with van der Waals surface area (Å²) in [5.74, 6) is -0.980. The Bertz CT molecular complexity index is 1540. The van der Waals surface area contributed by atoms with Gasteiger partial charge in [0.2, 0.25) is 11.8 Å². The summed E-state index contributed by atoms with van der Waals surface area (Å²) in [5, 5.41) is 14.0. The van der Waals surface area contributed by atoms with Gasteiger partial charge in [0.25, 0.3) is 0 Å². The van der Waals surface area contributed by atoms with Crippen LogP contribution in [-0.2, 0) is 35.0 Å². The molecule has 0 spiro atoms. The SMILES string of the molecule is COc1cc2cc(c1Cl)N(C)C(=O)C[C@H](OC(=O)[C@H](C)N(C)C(=O)CCC(C)(C)S)C1(C)OC1CC1C[C@](O)(C/C=C/C=C(\C)C2)NC(=O)O1. The molecule has 0 saturated carbocycles. The second-order valence-corrected chi connectivity index (χ2v) is 16.0. The van der Waals surface area contributed by atoms with Crippen molar-refractivity contribution >= 4 is 53.8 Å². The van der Waals surface area contributed by atoms with Crippen molar-refractivity contribution in [1.29, 1.82) is 0 Å². The first-order valence-electron chi connectivity index (χ1n) is 16.8. The normalized spacial score (nSPS) is 29.7. The van der Waals surface area contributed by atoms with Gasteiger partial charge in [-0.15, -0.1) is 0 Å². The van der Waals surface area contributed by atoms with Gasteiger partial charge in [-0.2, -0.15) is 12.6 Å². The molecule has 0 aliphatic carbocycles. The topological polar surface area (TPSA) is 147 Å². The van der Waals surface area contributed by atoms with E-state index in [1.807, 2.05) is 39.0 Å². The van der Waals surface area contributed by atoms with E-state index in [0.29, 0.717) is 24.3 Å². The number of carbonyl (C=O) groups excluding carboxylic acids is 4. The minimum Gasteiger partial charge on any atom is -0.495 e. The van der Waals surface area contributed by atoms with Crippen LogP contribution in [0.2, 0.25) is 5.02 Å². The second-order valence-electron chi connectivity index (χ2n) is 14.4. The molecular weight excluding hydrogens is 686 g/mol. The van der Waals surface area contributed by atoms with E-state index in [4.69, 9.17) is 30.5 Å². The number of alkyl carbamates (subject to hydrolysis) is 1. The smallest absolute Gasteiger partial charge is 0.409 e. The molecule has 3 unspecified atom stereocenters. The zero-order valence-corrected chi connectivity index (χ0v) is 31.7. The Kier molecular flexibility index (Phi) is 12.3. The van der Waals surface area contributed by atoms with Crippen molar-refractivity contribution < 1.29 is 43.2 Å². The standard InChI is InChI=1S/C36H50ClN3O9S/c1-21-11-9-10-13-36(45)20-24(47-33(44)38-36)18-28-35(5,49-28)27(48-32(43)22(2)39(6)29(41)12-14-34(3,4)50)19-30(42)40(7)25-16-23(15-21)17-26(46-8)31(25)37/h9-11,16-17,22,24,27-28,45,50H,12-15,18-20H2,1-8H3,(H,38,44)/b10-9+,21-11+/t22-,24?,27-,28?,35?,36+/m0/s1. The van der Waals surface area contributed by atoms with Crippen molar-refractivity contribution in [3.8, 4) is 5.75 Å². The highest BCUT2D eigenvalue weighted by atomic mass is 35.5. The second kappa shape index (κ2) is 15.5. The molecule has 2 N–H and O–H groups in total. The molecule has 0 radical (unpaired) electrons. The third kappa shape index (κ3) is 9.74. The summed E-state index contributed by atoms with van der Waals surface area (Å²) < 4.78 is 22.8. The minimum absolute atomic E-state index is 0.0883. The number of nitrogens with zero attached hydrogens (tertiary/aromatic N) is 2. The molecule has 276 valence electrons. The van der Waals surface area contributed by atoms with Gasteiger partial charge in [-0.05, 0) is 51.3 Å². The first kappa shape index (κ1) is 39.5. The fourth-order valence-electron chi connectivity index (χ4n) is 6.19. The number of epoxide rings is 1. The van der Waals surface area contributed by atoms with Gasteiger partial charge >= 0.3 is 12.1 Å². The molecule has 2 fully saturated rings. The van der Waals surface area contributed by atoms with Crippen LogP contribution in [0.1, 0.15) is 78.7 Å². The lowest BCUT2D eigenvalue weighted by molar-refractivity contribution is -0.162. The van der Waals surface area contributed by atoms with Gasteiger partial charge in [0, 0.05) is 44.5 Å². The molecule has 3 amide bonds. The van der Waals surface area contributed by atoms with Crippen molar-refractivity contribution in [2.75, 3.05) is 26.1 Å². The van der Waals surface area contributed by atoms with Crippen LogP contribution >= 0.6 is 24.2 Å². The highest BCUT2D eigenvalue weighted by Crippen LogP contribution is 2.46. The number of anilines is 1. The van der Waals surface area contributed by atoms with Gasteiger partial charge in [0.05, 0.1) is 25.3 Å². The molecule has 1 aromatic rings. The zero-order valence-electron chi connectivity index (χ0n) is 30.1. The summed E-state index contributed by atoms with van der Waals surface area (Å²) in [5.41, 5.74) is -0.469. The number of halogens is 1. The Labute approximate surface area is 304 Å². The first-order chi connectivity index (χ1) is 23.2. The molecule has 0 aromatic heterocycles. The molecule has 2 saturated heterocycles. The van der Waals surface area contributed by atoms with Gasteiger partial charge in [-0.25, -0.2) is 9.59 Å². The summed E-state index contributed by atoms with van der Waals surface area (Å²) in [4.78, 5) is 55.8. The number of benzene rings is 1. The number of aliphatic hydroxyl groups is 1. The minimum atomic E-state index is -1.55. The zero-order chi connectivity index (χ0) is 37.2. The fourth-order valence-corrected chi connectivity index (χ4v) is 6.61. The van der Waals surface area contributed by atoms with E-state index in [9.17, 15) is 24.3 Å². The van der Waals surface area contributed by atoms with Crippen LogP contribution in [0.3, 0.4) is 0 Å². The molecule has 3 aliphatic rings. The third-order valence-corrected chi connectivity index (χ3v) is 10.2. The number of fused-ring (bicyclic) bond motifs is 5. The van der Waals surface area contributed by atoms with Crippen LogP contribution in [0.5, 0.6) is 5.75 Å². The number of hydrogen-bond acceptors (Lipinski definition) is 10. The van der Waals surface area contributed by atoms with E-state index in [-0.39, 0.29) is 47.8 Å². The largest absolute Gasteiger partial charge is 0.495 e. The summed E-state index contributed by atoms with van der Waals surface area (Å²) in [6.07, 6.45) is 3.68. The number of likely N-dealkylation sites (N-methyl/N-ethyl adjacent to an activating group) is 1. The van der Waals surface area contributed by atoms with Gasteiger partial charge < -0.3 is 33.9 Å². The highest BCUT2D eigenvalue weighted by molar-refractivity contribution is 7.81. The Morgan fingerprint density at radius 3 is 2.66 bits per heavy atom.